The van der Waals surface area contributed by atoms with E-state index in [0.717, 1.165) is 11.1 Å². The molecule has 21 heavy (non-hydrogen) atoms. The van der Waals surface area contributed by atoms with Crippen molar-refractivity contribution in [1.29, 1.82) is 0 Å². The number of aryl methyl sites for hydroxylation is 1. The predicted octanol–water partition coefficient (Wildman–Crippen LogP) is 1.17. The maximum atomic E-state index is 11.7. The van der Waals surface area contributed by atoms with Gasteiger partial charge in [-0.2, -0.15) is 5.10 Å². The zero-order valence-corrected chi connectivity index (χ0v) is 12.2. The first-order valence-electron chi connectivity index (χ1n) is 6.78. The van der Waals surface area contributed by atoms with Crippen molar-refractivity contribution in [2.45, 2.75) is 20.4 Å². The van der Waals surface area contributed by atoms with Gasteiger partial charge in [-0.25, -0.2) is 4.68 Å². The Kier molecular flexibility index (Phi) is 4.28. The standard InChI is InChI=1S/C15H20N4O2/c1-9(8-20)7-19-14(16)12(15(17)21)13(18-19)11-6-4-3-5-10(11)2/h3-6,9,20H,7-8,16H2,1-2H3,(H2,17,21). The lowest BCUT2D eigenvalue weighted by molar-refractivity contribution is 0.100. The van der Waals surface area contributed by atoms with Crippen LogP contribution in [0.1, 0.15) is 22.8 Å². The van der Waals surface area contributed by atoms with Gasteiger partial charge in [-0.05, 0) is 18.4 Å². The Morgan fingerprint density at radius 3 is 2.67 bits per heavy atom. The number of primary amides is 1. The summed E-state index contributed by atoms with van der Waals surface area (Å²) in [6, 6.07) is 7.60. The average molecular weight is 288 g/mol. The molecule has 112 valence electrons. The molecule has 1 heterocycles. The zero-order valence-electron chi connectivity index (χ0n) is 12.2. The lowest BCUT2D eigenvalue weighted by atomic mass is 10.0. The highest BCUT2D eigenvalue weighted by Crippen LogP contribution is 2.29. The molecule has 1 atom stereocenters. The number of aliphatic hydroxyl groups is 1. The summed E-state index contributed by atoms with van der Waals surface area (Å²) in [5, 5.41) is 13.6. The van der Waals surface area contributed by atoms with E-state index in [1.165, 1.54) is 4.68 Å². The molecule has 1 unspecified atom stereocenters. The maximum absolute atomic E-state index is 11.7. The van der Waals surface area contributed by atoms with E-state index in [1.54, 1.807) is 0 Å². The minimum atomic E-state index is -0.603. The van der Waals surface area contributed by atoms with Crippen LogP contribution >= 0.6 is 0 Å². The van der Waals surface area contributed by atoms with Gasteiger partial charge in [0.05, 0.1) is 0 Å². The molecule has 0 aliphatic carbocycles. The van der Waals surface area contributed by atoms with Crippen LogP contribution in [0, 0.1) is 12.8 Å². The smallest absolute Gasteiger partial charge is 0.254 e. The van der Waals surface area contributed by atoms with Gasteiger partial charge in [0.1, 0.15) is 17.1 Å². The quantitative estimate of drug-likeness (QED) is 0.767. The van der Waals surface area contributed by atoms with Crippen LogP contribution in [0.15, 0.2) is 24.3 Å². The van der Waals surface area contributed by atoms with Gasteiger partial charge < -0.3 is 16.6 Å². The minimum absolute atomic E-state index is 0.0161. The fraction of sp³-hybridized carbons (Fsp3) is 0.333. The minimum Gasteiger partial charge on any atom is -0.396 e. The maximum Gasteiger partial charge on any atom is 0.254 e. The van der Waals surface area contributed by atoms with E-state index in [1.807, 2.05) is 38.1 Å². The van der Waals surface area contributed by atoms with Gasteiger partial charge in [0.2, 0.25) is 0 Å². The van der Waals surface area contributed by atoms with Crippen molar-refractivity contribution in [3.05, 3.63) is 35.4 Å². The topological polar surface area (TPSA) is 107 Å². The summed E-state index contributed by atoms with van der Waals surface area (Å²) in [6.07, 6.45) is 0. The number of nitrogen functional groups attached to an aromatic ring is 1. The first kappa shape index (κ1) is 15.1. The molecule has 0 spiro atoms. The number of benzene rings is 1. The molecular weight excluding hydrogens is 268 g/mol. The van der Waals surface area contributed by atoms with E-state index in [0.29, 0.717) is 12.2 Å². The molecule has 1 aromatic heterocycles. The van der Waals surface area contributed by atoms with Crippen molar-refractivity contribution in [3.63, 3.8) is 0 Å². The number of nitrogens with two attached hydrogens (primary N) is 2. The van der Waals surface area contributed by atoms with Gasteiger partial charge in [-0.3, -0.25) is 4.79 Å². The summed E-state index contributed by atoms with van der Waals surface area (Å²) in [6.45, 7) is 4.25. The molecule has 0 radical (unpaired) electrons. The van der Waals surface area contributed by atoms with E-state index in [2.05, 4.69) is 5.10 Å². The second-order valence-corrected chi connectivity index (χ2v) is 5.26. The molecule has 2 aromatic rings. The molecule has 0 bridgehead atoms. The monoisotopic (exact) mass is 288 g/mol. The van der Waals surface area contributed by atoms with E-state index in [4.69, 9.17) is 16.6 Å². The first-order chi connectivity index (χ1) is 9.95. The molecule has 2 rings (SSSR count). The molecule has 0 saturated heterocycles. The van der Waals surface area contributed by atoms with Crippen LogP contribution in [0.4, 0.5) is 5.82 Å². The Hall–Kier alpha value is -2.34. The van der Waals surface area contributed by atoms with Crippen molar-refractivity contribution >= 4 is 11.7 Å². The second kappa shape index (κ2) is 5.97. The van der Waals surface area contributed by atoms with Crippen molar-refractivity contribution in [2.75, 3.05) is 12.3 Å². The van der Waals surface area contributed by atoms with E-state index in [-0.39, 0.29) is 23.9 Å². The van der Waals surface area contributed by atoms with E-state index >= 15 is 0 Å². The Bertz CT molecular complexity index is 664. The zero-order chi connectivity index (χ0) is 15.6. The number of carbonyl (C=O) groups excluding carboxylic acids is 1. The summed E-state index contributed by atoms with van der Waals surface area (Å²) < 4.78 is 1.53. The number of hydrogen-bond donors (Lipinski definition) is 3. The SMILES string of the molecule is Cc1ccccc1-c1nn(CC(C)CO)c(N)c1C(N)=O. The number of anilines is 1. The van der Waals surface area contributed by atoms with Crippen LogP contribution in [0.3, 0.4) is 0 Å². The van der Waals surface area contributed by atoms with Crippen LogP contribution in [0.5, 0.6) is 0 Å². The summed E-state index contributed by atoms with van der Waals surface area (Å²) in [5.41, 5.74) is 14.0. The molecule has 0 saturated carbocycles. The number of aromatic nitrogens is 2. The van der Waals surface area contributed by atoms with Crippen molar-refractivity contribution < 1.29 is 9.90 Å². The van der Waals surface area contributed by atoms with Crippen LogP contribution in [0.25, 0.3) is 11.3 Å². The van der Waals surface area contributed by atoms with Gasteiger partial charge in [-0.15, -0.1) is 0 Å². The molecule has 1 amide bonds. The number of nitrogens with zero attached hydrogens (tertiary/aromatic N) is 2. The molecule has 6 nitrogen and oxygen atoms in total. The number of hydrogen-bond acceptors (Lipinski definition) is 4. The highest BCUT2D eigenvalue weighted by atomic mass is 16.3. The summed E-state index contributed by atoms with van der Waals surface area (Å²) in [7, 11) is 0. The Morgan fingerprint density at radius 2 is 2.10 bits per heavy atom. The van der Waals surface area contributed by atoms with E-state index in [9.17, 15) is 4.79 Å². The van der Waals surface area contributed by atoms with Gasteiger partial charge in [0.15, 0.2) is 0 Å². The largest absolute Gasteiger partial charge is 0.396 e. The predicted molar refractivity (Wildman–Crippen MR) is 81.6 cm³/mol. The van der Waals surface area contributed by atoms with Crippen LogP contribution in [-0.4, -0.2) is 27.4 Å². The number of amides is 1. The third-order valence-electron chi connectivity index (χ3n) is 3.43. The van der Waals surface area contributed by atoms with Gasteiger partial charge in [0, 0.05) is 18.7 Å². The van der Waals surface area contributed by atoms with Gasteiger partial charge >= 0.3 is 0 Å². The highest BCUT2D eigenvalue weighted by Gasteiger charge is 2.22. The molecule has 0 fully saturated rings. The van der Waals surface area contributed by atoms with Crippen molar-refractivity contribution in [1.82, 2.24) is 9.78 Å². The van der Waals surface area contributed by atoms with Gasteiger partial charge in [0.25, 0.3) is 5.91 Å². The number of rotatable bonds is 5. The lowest BCUT2D eigenvalue weighted by Crippen LogP contribution is -2.17. The van der Waals surface area contributed by atoms with Crippen LogP contribution < -0.4 is 11.5 Å². The summed E-state index contributed by atoms with van der Waals surface area (Å²) in [4.78, 5) is 11.7. The summed E-state index contributed by atoms with van der Waals surface area (Å²) >= 11 is 0. The average Bonchev–Trinajstić information content (AvgIpc) is 2.76. The fourth-order valence-electron chi connectivity index (χ4n) is 2.24. The number of aliphatic hydroxyl groups excluding tert-OH is 1. The summed E-state index contributed by atoms with van der Waals surface area (Å²) in [5.74, 6) is -0.382. The molecular formula is C15H20N4O2. The van der Waals surface area contributed by atoms with Crippen molar-refractivity contribution in [2.24, 2.45) is 11.7 Å². The third kappa shape index (κ3) is 2.90. The molecule has 0 aliphatic rings. The molecule has 0 aliphatic heterocycles. The highest BCUT2D eigenvalue weighted by molar-refractivity contribution is 6.03. The third-order valence-corrected chi connectivity index (χ3v) is 3.43. The van der Waals surface area contributed by atoms with Crippen molar-refractivity contribution in [3.8, 4) is 11.3 Å². The normalized spacial score (nSPS) is 12.3. The Labute approximate surface area is 123 Å². The first-order valence-corrected chi connectivity index (χ1v) is 6.78. The number of carbonyl (C=O) groups is 1. The Morgan fingerprint density at radius 1 is 1.43 bits per heavy atom. The molecule has 5 N–H and O–H groups in total. The lowest BCUT2D eigenvalue weighted by Gasteiger charge is -2.09. The van der Waals surface area contributed by atoms with Crippen LogP contribution in [-0.2, 0) is 6.54 Å². The second-order valence-electron chi connectivity index (χ2n) is 5.26. The molecule has 1 aromatic carbocycles. The van der Waals surface area contributed by atoms with Gasteiger partial charge in [-0.1, -0.05) is 31.2 Å². The Balaban J connectivity index is 2.58. The molecule has 6 heteroatoms. The van der Waals surface area contributed by atoms with Crippen LogP contribution in [0.2, 0.25) is 0 Å². The van der Waals surface area contributed by atoms with E-state index < -0.39 is 5.91 Å². The fourth-order valence-corrected chi connectivity index (χ4v) is 2.24.